The summed E-state index contributed by atoms with van der Waals surface area (Å²) in [6.45, 7) is 0.500. The van der Waals surface area contributed by atoms with Crippen molar-refractivity contribution in [3.8, 4) is 17.0 Å². The van der Waals surface area contributed by atoms with Gasteiger partial charge < -0.3 is 14.9 Å². The number of aromatic nitrogens is 2. The van der Waals surface area contributed by atoms with Gasteiger partial charge in [-0.05, 0) is 24.7 Å². The number of hydrogen-bond donors (Lipinski definition) is 1. The Hall–Kier alpha value is -1.75. The minimum absolute atomic E-state index is 0.500. The summed E-state index contributed by atoms with van der Waals surface area (Å²) in [7, 11) is 1.64. The first-order valence-electron chi connectivity index (χ1n) is 6.85. The molecule has 114 valence electrons. The lowest BCUT2D eigenvalue weighted by Gasteiger charge is -2.08. The number of methoxy groups -OCH3 is 1. The van der Waals surface area contributed by atoms with Crippen molar-refractivity contribution in [3.05, 3.63) is 52.3 Å². The summed E-state index contributed by atoms with van der Waals surface area (Å²) in [4.78, 5) is 4.69. The first-order valence-corrected chi connectivity index (χ1v) is 7.60. The highest BCUT2D eigenvalue weighted by Gasteiger charge is 2.18. The molecule has 3 rings (SSSR count). The van der Waals surface area contributed by atoms with Crippen molar-refractivity contribution in [2.24, 2.45) is 5.73 Å². The van der Waals surface area contributed by atoms with Crippen molar-refractivity contribution in [1.82, 2.24) is 9.38 Å². The molecule has 0 fully saturated rings. The van der Waals surface area contributed by atoms with E-state index in [0.29, 0.717) is 28.7 Å². The standard InChI is InChI=1S/C16H15Cl2N3O/c1-22-14-5-3-2-4-11(14)15-13(6-7-19)21-9-10(17)8-12(18)16(21)20-15/h2-5,8-9H,6-7,19H2,1H3. The molecule has 3 aromatic rings. The molecule has 2 N–H and O–H groups in total. The Morgan fingerprint density at radius 3 is 2.77 bits per heavy atom. The van der Waals surface area contributed by atoms with Crippen LogP contribution < -0.4 is 10.5 Å². The molecule has 0 aliphatic rings. The third-order valence-electron chi connectivity index (χ3n) is 3.48. The van der Waals surface area contributed by atoms with E-state index in [1.54, 1.807) is 19.4 Å². The second kappa shape index (κ2) is 6.16. The third-order valence-corrected chi connectivity index (χ3v) is 3.97. The van der Waals surface area contributed by atoms with E-state index < -0.39 is 0 Å². The number of benzene rings is 1. The summed E-state index contributed by atoms with van der Waals surface area (Å²) < 4.78 is 7.35. The van der Waals surface area contributed by atoms with Crippen LogP contribution in [0.5, 0.6) is 5.75 Å². The highest BCUT2D eigenvalue weighted by Crippen LogP contribution is 2.34. The average Bonchev–Trinajstić information content (AvgIpc) is 2.87. The van der Waals surface area contributed by atoms with Gasteiger partial charge in [0.15, 0.2) is 5.65 Å². The number of para-hydroxylation sites is 1. The Bertz CT molecular complexity index is 830. The van der Waals surface area contributed by atoms with Crippen LogP contribution in [0.3, 0.4) is 0 Å². The second-order valence-electron chi connectivity index (χ2n) is 4.85. The summed E-state index contributed by atoms with van der Waals surface area (Å²) in [6.07, 6.45) is 2.46. The molecule has 0 saturated heterocycles. The topological polar surface area (TPSA) is 52.5 Å². The lowest BCUT2D eigenvalue weighted by Crippen LogP contribution is -2.06. The molecule has 22 heavy (non-hydrogen) atoms. The molecule has 1 aromatic carbocycles. The smallest absolute Gasteiger partial charge is 0.156 e. The fourth-order valence-corrected chi connectivity index (χ4v) is 3.06. The van der Waals surface area contributed by atoms with E-state index in [9.17, 15) is 0 Å². The largest absolute Gasteiger partial charge is 0.496 e. The molecule has 4 nitrogen and oxygen atoms in total. The monoisotopic (exact) mass is 335 g/mol. The number of pyridine rings is 1. The molecule has 0 spiro atoms. The SMILES string of the molecule is COc1ccccc1-c1nc2c(Cl)cc(Cl)cn2c1CCN. The molecule has 0 saturated carbocycles. The van der Waals surface area contributed by atoms with Crippen molar-refractivity contribution in [2.75, 3.05) is 13.7 Å². The summed E-state index contributed by atoms with van der Waals surface area (Å²) in [5, 5.41) is 1.06. The van der Waals surface area contributed by atoms with Crippen LogP contribution in [0, 0.1) is 0 Å². The van der Waals surface area contributed by atoms with Crippen LogP contribution in [0.2, 0.25) is 10.0 Å². The molecule has 0 aliphatic carbocycles. The van der Waals surface area contributed by atoms with Crippen molar-refractivity contribution in [1.29, 1.82) is 0 Å². The minimum atomic E-state index is 0.500. The van der Waals surface area contributed by atoms with E-state index in [-0.39, 0.29) is 0 Å². The van der Waals surface area contributed by atoms with Gasteiger partial charge in [0, 0.05) is 18.2 Å². The van der Waals surface area contributed by atoms with Crippen LogP contribution in [0.1, 0.15) is 5.69 Å². The van der Waals surface area contributed by atoms with Gasteiger partial charge in [-0.3, -0.25) is 0 Å². The van der Waals surface area contributed by atoms with Crippen LogP contribution in [0.25, 0.3) is 16.9 Å². The number of nitrogens with zero attached hydrogens (tertiary/aromatic N) is 2. The molecule has 0 amide bonds. The molecule has 0 bridgehead atoms. The highest BCUT2D eigenvalue weighted by atomic mass is 35.5. The molecule has 2 aromatic heterocycles. The van der Waals surface area contributed by atoms with E-state index in [1.165, 1.54) is 0 Å². The molecule has 0 unspecified atom stereocenters. The van der Waals surface area contributed by atoms with E-state index >= 15 is 0 Å². The fourth-order valence-electron chi connectivity index (χ4n) is 2.55. The maximum Gasteiger partial charge on any atom is 0.156 e. The van der Waals surface area contributed by atoms with Gasteiger partial charge in [-0.1, -0.05) is 35.3 Å². The average molecular weight is 336 g/mol. The summed E-state index contributed by atoms with van der Waals surface area (Å²) in [5.41, 5.74) is 9.11. The lowest BCUT2D eigenvalue weighted by molar-refractivity contribution is 0.416. The first-order chi connectivity index (χ1) is 10.7. The molecular weight excluding hydrogens is 321 g/mol. The number of hydrogen-bond acceptors (Lipinski definition) is 3. The Labute approximate surface area is 138 Å². The van der Waals surface area contributed by atoms with Crippen molar-refractivity contribution < 1.29 is 4.74 Å². The fraction of sp³-hybridized carbons (Fsp3) is 0.188. The van der Waals surface area contributed by atoms with E-state index in [2.05, 4.69) is 4.98 Å². The maximum absolute atomic E-state index is 6.28. The number of nitrogens with two attached hydrogens (primary N) is 1. The van der Waals surface area contributed by atoms with Crippen molar-refractivity contribution >= 4 is 28.8 Å². The van der Waals surface area contributed by atoms with Crippen molar-refractivity contribution in [3.63, 3.8) is 0 Å². The molecule has 0 atom stereocenters. The van der Waals surface area contributed by atoms with Gasteiger partial charge >= 0.3 is 0 Å². The zero-order valence-electron chi connectivity index (χ0n) is 12.0. The van der Waals surface area contributed by atoms with Crippen LogP contribution in [-0.4, -0.2) is 23.0 Å². The maximum atomic E-state index is 6.28. The van der Waals surface area contributed by atoms with Gasteiger partial charge in [0.1, 0.15) is 5.75 Å². The third kappa shape index (κ3) is 2.54. The predicted molar refractivity (Wildman–Crippen MR) is 90.0 cm³/mol. The quantitative estimate of drug-likeness (QED) is 0.788. The molecular formula is C16H15Cl2N3O. The molecule has 0 aliphatic heterocycles. The Kier molecular flexibility index (Phi) is 4.25. The summed E-state index contributed by atoms with van der Waals surface area (Å²) in [5.74, 6) is 0.756. The number of halogens is 2. The number of ether oxygens (including phenoxy) is 1. The van der Waals surface area contributed by atoms with Gasteiger partial charge in [0.2, 0.25) is 0 Å². The van der Waals surface area contributed by atoms with E-state index in [4.69, 9.17) is 33.7 Å². The molecule has 6 heteroatoms. The number of imidazole rings is 1. The zero-order valence-corrected chi connectivity index (χ0v) is 13.5. The Balaban J connectivity index is 2.33. The van der Waals surface area contributed by atoms with Gasteiger partial charge in [0.05, 0.1) is 28.5 Å². The van der Waals surface area contributed by atoms with E-state index in [1.807, 2.05) is 28.7 Å². The van der Waals surface area contributed by atoms with Crippen LogP contribution in [0.15, 0.2) is 36.5 Å². The van der Waals surface area contributed by atoms with Crippen LogP contribution in [0.4, 0.5) is 0 Å². The van der Waals surface area contributed by atoms with Gasteiger partial charge in [-0.25, -0.2) is 4.98 Å². The zero-order chi connectivity index (χ0) is 15.7. The summed E-state index contributed by atoms with van der Waals surface area (Å²) >= 11 is 12.4. The number of fused-ring (bicyclic) bond motifs is 1. The van der Waals surface area contributed by atoms with Gasteiger partial charge in [-0.2, -0.15) is 0 Å². The van der Waals surface area contributed by atoms with E-state index in [0.717, 1.165) is 22.7 Å². The Morgan fingerprint density at radius 1 is 1.27 bits per heavy atom. The minimum Gasteiger partial charge on any atom is -0.496 e. The van der Waals surface area contributed by atoms with Crippen LogP contribution in [-0.2, 0) is 6.42 Å². The Morgan fingerprint density at radius 2 is 2.05 bits per heavy atom. The van der Waals surface area contributed by atoms with Gasteiger partial charge in [-0.15, -0.1) is 0 Å². The first kappa shape index (κ1) is 15.2. The normalized spacial score (nSPS) is 11.1. The van der Waals surface area contributed by atoms with Gasteiger partial charge in [0.25, 0.3) is 0 Å². The van der Waals surface area contributed by atoms with Crippen molar-refractivity contribution in [2.45, 2.75) is 6.42 Å². The lowest BCUT2D eigenvalue weighted by atomic mass is 10.1. The predicted octanol–water partition coefficient (Wildman–Crippen LogP) is 3.82. The second-order valence-corrected chi connectivity index (χ2v) is 5.69. The highest BCUT2D eigenvalue weighted by molar-refractivity contribution is 6.36. The molecule has 0 radical (unpaired) electrons. The molecule has 2 heterocycles. The van der Waals surface area contributed by atoms with Crippen LogP contribution >= 0.6 is 23.2 Å². The summed E-state index contributed by atoms with van der Waals surface area (Å²) in [6, 6.07) is 9.42. The number of rotatable bonds is 4.